The SMILES string of the molecule is Cc1[nH]c(C(C)N)nc1C1CCCN1C. The Morgan fingerprint density at radius 3 is 2.80 bits per heavy atom. The minimum Gasteiger partial charge on any atom is -0.345 e. The van der Waals surface area contributed by atoms with E-state index in [2.05, 4.69) is 28.8 Å². The van der Waals surface area contributed by atoms with Crippen LogP contribution in [0, 0.1) is 6.92 Å². The van der Waals surface area contributed by atoms with Gasteiger partial charge < -0.3 is 10.7 Å². The van der Waals surface area contributed by atoms with Crippen molar-refractivity contribution in [3.05, 3.63) is 17.2 Å². The molecule has 4 heteroatoms. The number of aromatic nitrogens is 2. The molecule has 2 rings (SSSR count). The van der Waals surface area contributed by atoms with Crippen LogP contribution < -0.4 is 5.73 Å². The lowest BCUT2D eigenvalue weighted by Gasteiger charge is -2.17. The fourth-order valence-corrected chi connectivity index (χ4v) is 2.29. The van der Waals surface area contributed by atoms with Crippen LogP contribution in [-0.2, 0) is 0 Å². The fraction of sp³-hybridized carbons (Fsp3) is 0.727. The number of imidazole rings is 1. The number of aromatic amines is 1. The van der Waals surface area contributed by atoms with Gasteiger partial charge in [0.1, 0.15) is 5.82 Å². The molecular weight excluding hydrogens is 188 g/mol. The van der Waals surface area contributed by atoms with E-state index < -0.39 is 0 Å². The van der Waals surface area contributed by atoms with E-state index >= 15 is 0 Å². The molecule has 0 amide bonds. The van der Waals surface area contributed by atoms with Crippen LogP contribution in [0.25, 0.3) is 0 Å². The smallest absolute Gasteiger partial charge is 0.123 e. The number of likely N-dealkylation sites (tertiary alicyclic amines) is 1. The van der Waals surface area contributed by atoms with E-state index in [0.717, 1.165) is 5.82 Å². The van der Waals surface area contributed by atoms with Crippen LogP contribution in [0.4, 0.5) is 0 Å². The van der Waals surface area contributed by atoms with Gasteiger partial charge in [-0.05, 0) is 40.3 Å². The number of rotatable bonds is 2. The molecule has 84 valence electrons. The first-order valence-electron chi connectivity index (χ1n) is 5.62. The highest BCUT2D eigenvalue weighted by atomic mass is 15.2. The number of nitrogens with one attached hydrogen (secondary N) is 1. The predicted molar refractivity (Wildman–Crippen MR) is 60.5 cm³/mol. The standard InChI is InChI=1S/C11H20N4/c1-7(12)11-13-8(2)10(14-11)9-5-4-6-15(9)3/h7,9H,4-6,12H2,1-3H3,(H,13,14). The minimum atomic E-state index is -0.0100. The molecule has 0 radical (unpaired) electrons. The highest BCUT2D eigenvalue weighted by molar-refractivity contribution is 5.19. The number of nitrogens with zero attached hydrogens (tertiary/aromatic N) is 2. The van der Waals surface area contributed by atoms with Crippen LogP contribution in [0.1, 0.15) is 49.1 Å². The maximum Gasteiger partial charge on any atom is 0.123 e. The van der Waals surface area contributed by atoms with Crippen LogP contribution in [0.3, 0.4) is 0 Å². The molecule has 1 aromatic rings. The lowest BCUT2D eigenvalue weighted by molar-refractivity contribution is 0.311. The van der Waals surface area contributed by atoms with Crippen LogP contribution >= 0.6 is 0 Å². The Labute approximate surface area is 90.9 Å². The second-order valence-electron chi connectivity index (χ2n) is 4.56. The van der Waals surface area contributed by atoms with Crippen LogP contribution in [-0.4, -0.2) is 28.5 Å². The highest BCUT2D eigenvalue weighted by Gasteiger charge is 2.26. The lowest BCUT2D eigenvalue weighted by atomic mass is 10.1. The highest BCUT2D eigenvalue weighted by Crippen LogP contribution is 2.31. The van der Waals surface area contributed by atoms with Gasteiger partial charge in [-0.3, -0.25) is 4.90 Å². The van der Waals surface area contributed by atoms with E-state index in [9.17, 15) is 0 Å². The van der Waals surface area contributed by atoms with Gasteiger partial charge in [0.05, 0.1) is 17.8 Å². The normalized spacial score (nSPS) is 24.7. The number of H-pyrrole nitrogens is 1. The van der Waals surface area contributed by atoms with Gasteiger partial charge in [-0.25, -0.2) is 4.98 Å². The van der Waals surface area contributed by atoms with Gasteiger partial charge >= 0.3 is 0 Å². The molecule has 0 saturated carbocycles. The number of nitrogens with two attached hydrogens (primary N) is 1. The third kappa shape index (κ3) is 1.92. The molecule has 2 atom stereocenters. The van der Waals surface area contributed by atoms with Crippen molar-refractivity contribution >= 4 is 0 Å². The molecule has 0 aliphatic carbocycles. The Hall–Kier alpha value is -0.870. The summed E-state index contributed by atoms with van der Waals surface area (Å²) in [5, 5.41) is 0. The van der Waals surface area contributed by atoms with Crippen molar-refractivity contribution in [3.63, 3.8) is 0 Å². The third-order valence-electron chi connectivity index (χ3n) is 3.21. The number of hydrogen-bond acceptors (Lipinski definition) is 3. The average Bonchev–Trinajstić information content (AvgIpc) is 2.71. The van der Waals surface area contributed by atoms with E-state index in [1.54, 1.807) is 0 Å². The van der Waals surface area contributed by atoms with E-state index in [1.807, 2.05) is 6.92 Å². The summed E-state index contributed by atoms with van der Waals surface area (Å²) in [6, 6.07) is 0.470. The van der Waals surface area contributed by atoms with Crippen molar-refractivity contribution in [1.29, 1.82) is 0 Å². The molecule has 1 saturated heterocycles. The van der Waals surface area contributed by atoms with E-state index in [1.165, 1.54) is 30.8 Å². The molecule has 0 aromatic carbocycles. The maximum absolute atomic E-state index is 5.82. The van der Waals surface area contributed by atoms with Gasteiger partial charge in [0.15, 0.2) is 0 Å². The summed E-state index contributed by atoms with van der Waals surface area (Å²) in [6.45, 7) is 5.21. The zero-order valence-electron chi connectivity index (χ0n) is 9.75. The minimum absolute atomic E-state index is 0.0100. The molecule has 1 aliphatic heterocycles. The molecule has 4 nitrogen and oxygen atoms in total. The Morgan fingerprint density at radius 2 is 2.33 bits per heavy atom. The van der Waals surface area contributed by atoms with Gasteiger partial charge in [-0.2, -0.15) is 0 Å². The Morgan fingerprint density at radius 1 is 1.60 bits per heavy atom. The molecule has 1 aromatic heterocycles. The first-order valence-corrected chi connectivity index (χ1v) is 5.62. The molecule has 15 heavy (non-hydrogen) atoms. The maximum atomic E-state index is 5.82. The summed E-state index contributed by atoms with van der Waals surface area (Å²) >= 11 is 0. The van der Waals surface area contributed by atoms with Gasteiger partial charge in [0, 0.05) is 5.69 Å². The molecule has 0 bridgehead atoms. The quantitative estimate of drug-likeness (QED) is 0.774. The Bertz CT molecular complexity index is 342. The monoisotopic (exact) mass is 208 g/mol. The lowest BCUT2D eigenvalue weighted by Crippen LogP contribution is -2.18. The summed E-state index contributed by atoms with van der Waals surface area (Å²) in [5.74, 6) is 0.905. The topological polar surface area (TPSA) is 57.9 Å². The van der Waals surface area contributed by atoms with Gasteiger partial charge in [0.25, 0.3) is 0 Å². The first kappa shape index (κ1) is 10.6. The van der Waals surface area contributed by atoms with Crippen LogP contribution in [0.15, 0.2) is 0 Å². The number of aryl methyl sites for hydroxylation is 1. The first-order chi connectivity index (χ1) is 7.09. The summed E-state index contributed by atoms with van der Waals surface area (Å²) in [7, 11) is 2.16. The zero-order valence-corrected chi connectivity index (χ0v) is 9.75. The van der Waals surface area contributed by atoms with Gasteiger partial charge in [-0.15, -0.1) is 0 Å². The average molecular weight is 208 g/mol. The van der Waals surface area contributed by atoms with Crippen LogP contribution in [0.2, 0.25) is 0 Å². The molecular formula is C11H20N4. The van der Waals surface area contributed by atoms with Crippen molar-refractivity contribution < 1.29 is 0 Å². The summed E-state index contributed by atoms with van der Waals surface area (Å²) in [6.07, 6.45) is 2.47. The van der Waals surface area contributed by atoms with Crippen molar-refractivity contribution in [2.24, 2.45) is 5.73 Å². The summed E-state index contributed by atoms with van der Waals surface area (Å²) in [5.41, 5.74) is 8.17. The Balaban J connectivity index is 2.27. The molecule has 1 fully saturated rings. The van der Waals surface area contributed by atoms with Gasteiger partial charge in [-0.1, -0.05) is 0 Å². The van der Waals surface area contributed by atoms with E-state index in [4.69, 9.17) is 5.73 Å². The number of hydrogen-bond donors (Lipinski definition) is 2. The van der Waals surface area contributed by atoms with Crippen molar-refractivity contribution in [3.8, 4) is 0 Å². The largest absolute Gasteiger partial charge is 0.345 e. The second-order valence-corrected chi connectivity index (χ2v) is 4.56. The Kier molecular flexibility index (Phi) is 2.80. The third-order valence-corrected chi connectivity index (χ3v) is 3.21. The van der Waals surface area contributed by atoms with Crippen LogP contribution in [0.5, 0.6) is 0 Å². The zero-order chi connectivity index (χ0) is 11.0. The second kappa shape index (κ2) is 3.94. The van der Waals surface area contributed by atoms with Crippen molar-refractivity contribution in [2.75, 3.05) is 13.6 Å². The molecule has 2 heterocycles. The summed E-state index contributed by atoms with van der Waals surface area (Å²) in [4.78, 5) is 10.3. The molecule has 3 N–H and O–H groups in total. The van der Waals surface area contributed by atoms with Crippen molar-refractivity contribution in [2.45, 2.75) is 38.8 Å². The van der Waals surface area contributed by atoms with Crippen molar-refractivity contribution in [1.82, 2.24) is 14.9 Å². The molecule has 2 unspecified atom stereocenters. The van der Waals surface area contributed by atoms with E-state index in [-0.39, 0.29) is 6.04 Å². The predicted octanol–water partition coefficient (Wildman–Crippen LogP) is 1.50. The molecule has 0 spiro atoms. The van der Waals surface area contributed by atoms with E-state index in [0.29, 0.717) is 6.04 Å². The molecule has 1 aliphatic rings. The fourth-order valence-electron chi connectivity index (χ4n) is 2.29. The van der Waals surface area contributed by atoms with Gasteiger partial charge in [0.2, 0.25) is 0 Å². The summed E-state index contributed by atoms with van der Waals surface area (Å²) < 4.78 is 0.